The summed E-state index contributed by atoms with van der Waals surface area (Å²) in [6.45, 7) is 7.31. The molecule has 0 spiro atoms. The van der Waals surface area contributed by atoms with Crippen LogP contribution in [0.3, 0.4) is 0 Å². The molecule has 3 rings (SSSR count). The maximum Gasteiger partial charge on any atom is 0.262 e. The van der Waals surface area contributed by atoms with E-state index in [1.54, 1.807) is 10.6 Å². The van der Waals surface area contributed by atoms with Crippen molar-refractivity contribution in [2.45, 2.75) is 76.7 Å². The fraction of sp³-hybridized carbons (Fsp3) is 0.609. The van der Waals surface area contributed by atoms with Gasteiger partial charge < -0.3 is 10.1 Å². The van der Waals surface area contributed by atoms with Crippen molar-refractivity contribution in [3.8, 4) is 0 Å². The zero-order valence-corrected chi connectivity index (χ0v) is 19.0. The van der Waals surface area contributed by atoms with Gasteiger partial charge in [-0.3, -0.25) is 14.2 Å². The first-order chi connectivity index (χ1) is 14.5. The van der Waals surface area contributed by atoms with E-state index >= 15 is 0 Å². The Kier molecular flexibility index (Phi) is 8.33. The maximum absolute atomic E-state index is 13.1. The smallest absolute Gasteiger partial charge is 0.262 e. The Bertz CT molecular complexity index is 912. The summed E-state index contributed by atoms with van der Waals surface area (Å²) in [7, 11) is 0. The van der Waals surface area contributed by atoms with Gasteiger partial charge in [-0.15, -0.1) is 0 Å². The summed E-state index contributed by atoms with van der Waals surface area (Å²) in [4.78, 5) is 30.3. The monoisotopic (exact) mass is 431 g/mol. The highest BCUT2D eigenvalue weighted by atomic mass is 32.2. The molecule has 0 radical (unpaired) electrons. The summed E-state index contributed by atoms with van der Waals surface area (Å²) in [5, 5.41) is 4.38. The van der Waals surface area contributed by atoms with E-state index in [4.69, 9.17) is 4.74 Å². The van der Waals surface area contributed by atoms with Crippen LogP contribution in [0.5, 0.6) is 0 Å². The first-order valence-corrected chi connectivity index (χ1v) is 12.0. The van der Waals surface area contributed by atoms with Gasteiger partial charge in [-0.25, -0.2) is 4.98 Å². The Balaban J connectivity index is 1.71. The van der Waals surface area contributed by atoms with E-state index in [0.717, 1.165) is 12.8 Å². The van der Waals surface area contributed by atoms with Crippen molar-refractivity contribution in [3.05, 3.63) is 34.6 Å². The average Bonchev–Trinajstić information content (AvgIpc) is 2.72. The van der Waals surface area contributed by atoms with Crippen LogP contribution in [0.2, 0.25) is 0 Å². The summed E-state index contributed by atoms with van der Waals surface area (Å²) in [6, 6.07) is 7.63. The van der Waals surface area contributed by atoms with Gasteiger partial charge in [0.25, 0.3) is 5.56 Å². The first-order valence-electron chi connectivity index (χ1n) is 11.0. The minimum Gasteiger partial charge on any atom is -0.379 e. The number of para-hydroxylation sites is 1. The summed E-state index contributed by atoms with van der Waals surface area (Å²) in [6.07, 6.45) is 5.52. The van der Waals surface area contributed by atoms with Gasteiger partial charge >= 0.3 is 0 Å². The average molecular weight is 432 g/mol. The molecule has 30 heavy (non-hydrogen) atoms. The molecule has 6 nitrogen and oxygen atoms in total. The fourth-order valence-corrected chi connectivity index (χ4v) is 4.74. The molecular weight excluding hydrogens is 398 g/mol. The predicted molar refractivity (Wildman–Crippen MR) is 122 cm³/mol. The van der Waals surface area contributed by atoms with Crippen LogP contribution >= 0.6 is 11.8 Å². The second kappa shape index (κ2) is 11.0. The molecule has 1 aliphatic rings. The quantitative estimate of drug-likeness (QED) is 0.369. The van der Waals surface area contributed by atoms with Crippen LogP contribution in [0.25, 0.3) is 10.9 Å². The van der Waals surface area contributed by atoms with Gasteiger partial charge in [-0.2, -0.15) is 0 Å². The van der Waals surface area contributed by atoms with Crippen molar-refractivity contribution in [1.82, 2.24) is 14.9 Å². The van der Waals surface area contributed by atoms with E-state index in [-0.39, 0.29) is 29.4 Å². The van der Waals surface area contributed by atoms with Crippen LogP contribution in [0.4, 0.5) is 0 Å². The molecule has 1 amide bonds. The second-order valence-electron chi connectivity index (χ2n) is 8.37. The number of hydrogen-bond donors (Lipinski definition) is 1. The number of rotatable bonds is 9. The molecule has 2 atom stereocenters. The number of aromatic nitrogens is 2. The van der Waals surface area contributed by atoms with Crippen molar-refractivity contribution >= 4 is 28.6 Å². The van der Waals surface area contributed by atoms with E-state index in [1.807, 2.05) is 32.0 Å². The highest BCUT2D eigenvalue weighted by molar-refractivity contribution is 7.99. The van der Waals surface area contributed by atoms with Crippen LogP contribution in [-0.2, 0) is 16.1 Å². The first kappa shape index (κ1) is 22.8. The topological polar surface area (TPSA) is 73.2 Å². The lowest BCUT2D eigenvalue weighted by molar-refractivity contribution is -0.119. The minimum atomic E-state index is -0.0612. The summed E-state index contributed by atoms with van der Waals surface area (Å²) < 4.78 is 7.30. The Morgan fingerprint density at radius 3 is 2.83 bits per heavy atom. The molecule has 0 saturated heterocycles. The van der Waals surface area contributed by atoms with Gasteiger partial charge in [0.15, 0.2) is 5.16 Å². The number of benzene rings is 1. The summed E-state index contributed by atoms with van der Waals surface area (Å²) in [5.41, 5.74) is 0.606. The van der Waals surface area contributed by atoms with Gasteiger partial charge in [0.2, 0.25) is 5.91 Å². The zero-order chi connectivity index (χ0) is 21.5. The number of nitrogens with zero attached hydrogens (tertiary/aromatic N) is 2. The molecule has 1 aliphatic carbocycles. The molecule has 0 unspecified atom stereocenters. The number of carbonyl (C=O) groups excluding carboxylic acids is 1. The Morgan fingerprint density at radius 2 is 2.07 bits per heavy atom. The van der Waals surface area contributed by atoms with Crippen LogP contribution in [0.1, 0.15) is 52.9 Å². The number of thioether (sulfide) groups is 1. The molecule has 1 aromatic heterocycles. The lowest BCUT2D eigenvalue weighted by atomic mass is 9.86. The number of nitrogens with one attached hydrogen (secondary N) is 1. The van der Waals surface area contributed by atoms with Crippen LogP contribution in [-0.4, -0.2) is 40.0 Å². The SMILES string of the molecule is CC(C)OCCCn1c(SCC(=O)N[C@@H]2CCCC[C@@H]2C)nc2ccccc2c1=O. The largest absolute Gasteiger partial charge is 0.379 e. The van der Waals surface area contributed by atoms with Crippen molar-refractivity contribution < 1.29 is 9.53 Å². The highest BCUT2D eigenvalue weighted by Crippen LogP contribution is 2.24. The Morgan fingerprint density at radius 1 is 1.30 bits per heavy atom. The van der Waals surface area contributed by atoms with Crippen LogP contribution in [0, 0.1) is 5.92 Å². The number of hydrogen-bond acceptors (Lipinski definition) is 5. The highest BCUT2D eigenvalue weighted by Gasteiger charge is 2.23. The van der Waals surface area contributed by atoms with Crippen molar-refractivity contribution in [2.24, 2.45) is 5.92 Å². The zero-order valence-electron chi connectivity index (χ0n) is 18.2. The molecule has 1 heterocycles. The lowest BCUT2D eigenvalue weighted by Crippen LogP contribution is -2.42. The van der Waals surface area contributed by atoms with Gasteiger partial charge in [0.05, 0.1) is 22.8 Å². The normalized spacial score (nSPS) is 19.3. The molecule has 0 bridgehead atoms. The van der Waals surface area contributed by atoms with E-state index in [1.165, 1.54) is 31.0 Å². The Hall–Kier alpha value is -1.86. The standard InChI is InChI=1S/C23H33N3O3S/c1-16(2)29-14-8-13-26-22(28)18-10-5-7-12-20(18)25-23(26)30-15-21(27)24-19-11-6-4-9-17(19)3/h5,7,10,12,16-17,19H,4,6,8-9,11,13-15H2,1-3H3,(H,24,27)/t17-,19+/m0/s1. The molecule has 0 aliphatic heterocycles. The summed E-state index contributed by atoms with van der Waals surface area (Å²) >= 11 is 1.34. The van der Waals surface area contributed by atoms with E-state index < -0.39 is 0 Å². The number of fused-ring (bicyclic) bond motifs is 1. The molecular formula is C23H33N3O3S. The molecule has 1 N–H and O–H groups in total. The second-order valence-corrected chi connectivity index (χ2v) is 9.31. The maximum atomic E-state index is 13.1. The van der Waals surface area contributed by atoms with Crippen molar-refractivity contribution in [2.75, 3.05) is 12.4 Å². The van der Waals surface area contributed by atoms with Gasteiger partial charge in [-0.1, -0.05) is 43.7 Å². The molecule has 2 aromatic rings. The van der Waals surface area contributed by atoms with Crippen LogP contribution in [0.15, 0.2) is 34.2 Å². The molecule has 1 aromatic carbocycles. The fourth-order valence-electron chi connectivity index (χ4n) is 3.91. The number of carbonyl (C=O) groups is 1. The van der Waals surface area contributed by atoms with E-state index in [0.29, 0.717) is 35.1 Å². The third-order valence-electron chi connectivity index (χ3n) is 5.59. The third-order valence-corrected chi connectivity index (χ3v) is 6.57. The third kappa shape index (κ3) is 6.08. The molecule has 164 valence electrons. The van der Waals surface area contributed by atoms with Crippen molar-refractivity contribution in [1.29, 1.82) is 0 Å². The molecule has 1 fully saturated rings. The van der Waals surface area contributed by atoms with Gasteiger partial charge in [-0.05, 0) is 51.2 Å². The van der Waals surface area contributed by atoms with E-state index in [9.17, 15) is 9.59 Å². The molecule has 7 heteroatoms. The molecule has 1 saturated carbocycles. The van der Waals surface area contributed by atoms with E-state index in [2.05, 4.69) is 17.2 Å². The van der Waals surface area contributed by atoms with Crippen molar-refractivity contribution in [3.63, 3.8) is 0 Å². The lowest BCUT2D eigenvalue weighted by Gasteiger charge is -2.29. The predicted octanol–water partition coefficient (Wildman–Crippen LogP) is 4.00. The minimum absolute atomic E-state index is 0.0100. The van der Waals surface area contributed by atoms with Gasteiger partial charge in [0.1, 0.15) is 0 Å². The Labute approximate surface area is 182 Å². The number of ether oxygens (including phenoxy) is 1. The van der Waals surface area contributed by atoms with Gasteiger partial charge in [0, 0.05) is 19.2 Å². The summed E-state index contributed by atoms with van der Waals surface area (Å²) in [5.74, 6) is 0.790. The number of amides is 1. The van der Waals surface area contributed by atoms with Crippen LogP contribution < -0.4 is 10.9 Å².